The van der Waals surface area contributed by atoms with Gasteiger partial charge in [-0.25, -0.2) is 4.98 Å². The van der Waals surface area contributed by atoms with Gasteiger partial charge in [0, 0.05) is 62.7 Å². The first-order valence-electron chi connectivity index (χ1n) is 9.44. The van der Waals surface area contributed by atoms with Crippen LogP contribution in [0.15, 0.2) is 23.2 Å². The third-order valence-corrected chi connectivity index (χ3v) is 5.11. The minimum Gasteiger partial charge on any atom is -0.481 e. The first kappa shape index (κ1) is 18.5. The van der Waals surface area contributed by atoms with Gasteiger partial charge in [-0.05, 0) is 25.8 Å². The highest BCUT2D eigenvalue weighted by Crippen LogP contribution is 2.35. The van der Waals surface area contributed by atoms with E-state index < -0.39 is 0 Å². The average Bonchev–Trinajstić information content (AvgIpc) is 3.01. The molecule has 142 valence electrons. The molecule has 1 aromatic rings. The molecule has 7 nitrogen and oxygen atoms in total. The number of pyridine rings is 1. The molecule has 0 bridgehead atoms. The van der Waals surface area contributed by atoms with Crippen molar-refractivity contribution in [1.82, 2.24) is 20.5 Å². The summed E-state index contributed by atoms with van der Waals surface area (Å²) in [5.41, 5.74) is 1.05. The number of nitrogens with zero attached hydrogens (tertiary/aromatic N) is 3. The molecule has 1 spiro atoms. The Hall–Kier alpha value is -2.31. The number of nitrogens with one attached hydrogen (secondary N) is 2. The number of hydrogen-bond acceptors (Lipinski definition) is 4. The van der Waals surface area contributed by atoms with Gasteiger partial charge in [0.05, 0.1) is 7.11 Å². The minimum atomic E-state index is 0.0693. The zero-order valence-corrected chi connectivity index (χ0v) is 15.8. The third kappa shape index (κ3) is 4.45. The summed E-state index contributed by atoms with van der Waals surface area (Å²) < 4.78 is 5.18. The fourth-order valence-corrected chi connectivity index (χ4v) is 3.84. The van der Waals surface area contributed by atoms with E-state index in [0.29, 0.717) is 18.8 Å². The first-order chi connectivity index (χ1) is 12.6. The number of methoxy groups -OCH3 is 1. The third-order valence-electron chi connectivity index (χ3n) is 5.11. The number of carbonyl (C=O) groups excluding carboxylic acids is 1. The maximum Gasteiger partial charge on any atom is 0.220 e. The molecule has 0 aromatic carbocycles. The molecule has 1 unspecified atom stereocenters. The number of carbonyl (C=O) groups is 1. The van der Waals surface area contributed by atoms with E-state index in [1.54, 1.807) is 7.11 Å². The highest BCUT2D eigenvalue weighted by atomic mass is 16.5. The Bertz CT molecular complexity index is 663. The maximum atomic E-state index is 11.7. The van der Waals surface area contributed by atoms with Gasteiger partial charge in [-0.15, -0.1) is 0 Å². The summed E-state index contributed by atoms with van der Waals surface area (Å²) >= 11 is 0. The van der Waals surface area contributed by atoms with Crippen molar-refractivity contribution in [1.29, 1.82) is 0 Å². The van der Waals surface area contributed by atoms with Gasteiger partial charge in [0.2, 0.25) is 11.8 Å². The van der Waals surface area contributed by atoms with Gasteiger partial charge in [0.1, 0.15) is 0 Å². The van der Waals surface area contributed by atoms with Gasteiger partial charge in [-0.2, -0.15) is 0 Å². The second kappa shape index (κ2) is 8.38. The SMILES string of the molecule is CCNC(=NCCc1cccc(OC)n1)N1CCCC2(CNC(=O)C2)C1. The van der Waals surface area contributed by atoms with Crippen LogP contribution in [0.1, 0.15) is 31.9 Å². The Balaban J connectivity index is 1.63. The summed E-state index contributed by atoms with van der Waals surface area (Å²) in [7, 11) is 1.63. The van der Waals surface area contributed by atoms with Crippen molar-refractivity contribution in [3.8, 4) is 5.88 Å². The lowest BCUT2D eigenvalue weighted by Gasteiger charge is -2.40. The van der Waals surface area contributed by atoms with Gasteiger partial charge in [0.15, 0.2) is 5.96 Å². The van der Waals surface area contributed by atoms with Crippen molar-refractivity contribution in [3.05, 3.63) is 23.9 Å². The van der Waals surface area contributed by atoms with Crippen molar-refractivity contribution in [2.45, 2.75) is 32.6 Å². The van der Waals surface area contributed by atoms with Crippen LogP contribution in [0.3, 0.4) is 0 Å². The van der Waals surface area contributed by atoms with Gasteiger partial charge < -0.3 is 20.3 Å². The van der Waals surface area contributed by atoms with E-state index in [4.69, 9.17) is 9.73 Å². The molecule has 1 aromatic heterocycles. The van der Waals surface area contributed by atoms with Crippen molar-refractivity contribution in [3.63, 3.8) is 0 Å². The molecule has 1 amide bonds. The Morgan fingerprint density at radius 3 is 3.12 bits per heavy atom. The topological polar surface area (TPSA) is 78.9 Å². The van der Waals surface area contributed by atoms with E-state index in [0.717, 1.165) is 57.1 Å². The summed E-state index contributed by atoms with van der Waals surface area (Å²) in [5.74, 6) is 1.75. The van der Waals surface area contributed by atoms with Crippen LogP contribution in [-0.2, 0) is 11.2 Å². The van der Waals surface area contributed by atoms with Gasteiger partial charge in [0.25, 0.3) is 0 Å². The quantitative estimate of drug-likeness (QED) is 0.610. The molecular weight excluding hydrogens is 330 g/mol. The van der Waals surface area contributed by atoms with Gasteiger partial charge in [-0.3, -0.25) is 9.79 Å². The number of likely N-dealkylation sites (tertiary alicyclic amines) is 1. The Morgan fingerprint density at radius 2 is 2.38 bits per heavy atom. The van der Waals surface area contributed by atoms with Crippen LogP contribution in [0, 0.1) is 5.41 Å². The fraction of sp³-hybridized carbons (Fsp3) is 0.632. The number of guanidine groups is 1. The number of hydrogen-bond donors (Lipinski definition) is 2. The number of ether oxygens (including phenoxy) is 1. The molecule has 2 fully saturated rings. The standard InChI is InChI=1S/C19H29N5O2/c1-3-20-18(21-10-8-15-6-4-7-17(23-15)26-2)24-11-5-9-19(14-24)12-16(25)22-13-19/h4,6-7H,3,5,8-14H2,1-2H3,(H,20,21)(H,22,25). The van der Waals surface area contributed by atoms with Crippen LogP contribution in [0.2, 0.25) is 0 Å². The normalized spacial score (nSPS) is 23.2. The molecule has 2 saturated heterocycles. The smallest absolute Gasteiger partial charge is 0.220 e. The summed E-state index contributed by atoms with van der Waals surface area (Å²) in [6.07, 6.45) is 3.61. The van der Waals surface area contributed by atoms with E-state index in [1.165, 1.54) is 0 Å². The molecule has 2 N–H and O–H groups in total. The zero-order chi connectivity index (χ0) is 18.4. The van der Waals surface area contributed by atoms with E-state index in [9.17, 15) is 4.79 Å². The number of piperidine rings is 1. The van der Waals surface area contributed by atoms with E-state index in [-0.39, 0.29) is 11.3 Å². The highest BCUT2D eigenvalue weighted by molar-refractivity contribution is 5.81. The molecule has 2 aliphatic heterocycles. The van der Waals surface area contributed by atoms with Crippen LogP contribution in [-0.4, -0.2) is 61.6 Å². The molecule has 3 heterocycles. The molecule has 26 heavy (non-hydrogen) atoms. The first-order valence-corrected chi connectivity index (χ1v) is 9.44. The number of rotatable bonds is 5. The molecule has 2 aliphatic rings. The zero-order valence-electron chi connectivity index (χ0n) is 15.8. The van der Waals surface area contributed by atoms with Crippen molar-refractivity contribution in [2.75, 3.05) is 39.8 Å². The molecule has 0 saturated carbocycles. The predicted octanol–water partition coefficient (Wildman–Crippen LogP) is 1.20. The maximum absolute atomic E-state index is 11.7. The average molecular weight is 359 g/mol. The lowest BCUT2D eigenvalue weighted by Crippen LogP contribution is -2.51. The van der Waals surface area contributed by atoms with Gasteiger partial charge >= 0.3 is 0 Å². The van der Waals surface area contributed by atoms with Crippen LogP contribution in [0.5, 0.6) is 5.88 Å². The Labute approximate surface area is 155 Å². The number of aliphatic imine (C=N–C) groups is 1. The summed E-state index contributed by atoms with van der Waals surface area (Å²) in [5, 5.41) is 6.41. The van der Waals surface area contributed by atoms with Crippen LogP contribution >= 0.6 is 0 Å². The number of aromatic nitrogens is 1. The lowest BCUT2D eigenvalue weighted by molar-refractivity contribution is -0.119. The lowest BCUT2D eigenvalue weighted by atomic mass is 9.79. The second-order valence-corrected chi connectivity index (χ2v) is 7.14. The van der Waals surface area contributed by atoms with Crippen molar-refractivity contribution < 1.29 is 9.53 Å². The van der Waals surface area contributed by atoms with Crippen LogP contribution in [0.4, 0.5) is 0 Å². The molecule has 1 atom stereocenters. The second-order valence-electron chi connectivity index (χ2n) is 7.14. The van der Waals surface area contributed by atoms with E-state index in [1.807, 2.05) is 18.2 Å². The minimum absolute atomic E-state index is 0.0693. The van der Waals surface area contributed by atoms with Crippen LogP contribution in [0.25, 0.3) is 0 Å². The molecule has 7 heteroatoms. The highest BCUT2D eigenvalue weighted by Gasteiger charge is 2.42. The van der Waals surface area contributed by atoms with E-state index >= 15 is 0 Å². The summed E-state index contributed by atoms with van der Waals surface area (Å²) in [6.45, 7) is 6.24. The van der Waals surface area contributed by atoms with Crippen molar-refractivity contribution in [2.24, 2.45) is 10.4 Å². The molecular formula is C19H29N5O2. The fourth-order valence-electron chi connectivity index (χ4n) is 3.84. The Kier molecular flexibility index (Phi) is 5.96. The summed E-state index contributed by atoms with van der Waals surface area (Å²) in [6, 6.07) is 5.80. The van der Waals surface area contributed by atoms with Gasteiger partial charge in [-0.1, -0.05) is 6.07 Å². The monoisotopic (exact) mass is 359 g/mol. The largest absolute Gasteiger partial charge is 0.481 e. The molecule has 3 rings (SSSR count). The Morgan fingerprint density at radius 1 is 1.50 bits per heavy atom. The summed E-state index contributed by atoms with van der Waals surface area (Å²) in [4.78, 5) is 23.3. The van der Waals surface area contributed by atoms with E-state index in [2.05, 4.69) is 27.4 Å². The van der Waals surface area contributed by atoms with Crippen LogP contribution < -0.4 is 15.4 Å². The number of amides is 1. The molecule has 0 radical (unpaired) electrons. The van der Waals surface area contributed by atoms with Crippen molar-refractivity contribution >= 4 is 11.9 Å². The predicted molar refractivity (Wildman–Crippen MR) is 101 cm³/mol. The molecule has 0 aliphatic carbocycles.